The van der Waals surface area contributed by atoms with Crippen molar-refractivity contribution >= 4 is 5.97 Å². The number of hydrogen-bond donors (Lipinski definition) is 3. The molecule has 0 radical (unpaired) electrons. The number of rotatable bonds is 6. The van der Waals surface area contributed by atoms with E-state index in [0.717, 1.165) is 0 Å². The van der Waals surface area contributed by atoms with Crippen LogP contribution >= 0.6 is 0 Å². The zero-order valence-corrected chi connectivity index (χ0v) is 9.87. The van der Waals surface area contributed by atoms with Crippen molar-refractivity contribution in [3.8, 4) is 0 Å². The van der Waals surface area contributed by atoms with Crippen LogP contribution in [-0.4, -0.2) is 63.1 Å². The van der Waals surface area contributed by atoms with Crippen LogP contribution in [0, 0.1) is 0 Å². The summed E-state index contributed by atoms with van der Waals surface area (Å²) in [7, 11) is 0. The van der Waals surface area contributed by atoms with Gasteiger partial charge in [0.1, 0.15) is 5.60 Å². The van der Waals surface area contributed by atoms with Crippen molar-refractivity contribution in [1.29, 1.82) is 0 Å². The van der Waals surface area contributed by atoms with Gasteiger partial charge in [0.15, 0.2) is 5.69 Å². The third-order valence-corrected chi connectivity index (χ3v) is 2.81. The Balaban J connectivity index is 1.70. The normalized spacial score (nSPS) is 23.4. The topological polar surface area (TPSA) is 110 Å². The highest BCUT2D eigenvalue weighted by molar-refractivity contribution is 5.84. The number of aliphatic hydroxyl groups is 1. The molecule has 1 saturated heterocycles. The number of carbonyl (C=O) groups is 1. The lowest BCUT2D eigenvalue weighted by Crippen LogP contribution is -2.42. The lowest BCUT2D eigenvalue weighted by atomic mass is 10.0. The van der Waals surface area contributed by atoms with Gasteiger partial charge in [-0.05, 0) is 0 Å². The maximum absolute atomic E-state index is 10.6. The molecule has 2 heterocycles. The summed E-state index contributed by atoms with van der Waals surface area (Å²) in [6, 6.07) is 0. The molecule has 1 unspecified atom stereocenters. The van der Waals surface area contributed by atoms with Gasteiger partial charge in [0.25, 0.3) is 0 Å². The summed E-state index contributed by atoms with van der Waals surface area (Å²) in [5.74, 6) is -1.09. The van der Waals surface area contributed by atoms with Crippen LogP contribution < -0.4 is 5.32 Å². The smallest absolute Gasteiger partial charge is 0.358 e. The second-order valence-electron chi connectivity index (χ2n) is 4.38. The Morgan fingerprint density at radius 3 is 3.11 bits per heavy atom. The highest BCUT2D eigenvalue weighted by Crippen LogP contribution is 2.16. The molecule has 0 aliphatic carbocycles. The predicted octanol–water partition coefficient (Wildman–Crippen LogP) is -1.28. The maximum atomic E-state index is 10.6. The molecule has 8 nitrogen and oxygen atoms in total. The zero-order valence-electron chi connectivity index (χ0n) is 9.87. The molecule has 0 saturated carbocycles. The van der Waals surface area contributed by atoms with Crippen LogP contribution in [0.5, 0.6) is 0 Å². The first-order valence-electron chi connectivity index (χ1n) is 5.73. The van der Waals surface area contributed by atoms with E-state index in [2.05, 4.69) is 15.6 Å². The van der Waals surface area contributed by atoms with Gasteiger partial charge in [-0.25, -0.2) is 4.79 Å². The van der Waals surface area contributed by atoms with Gasteiger partial charge in [-0.1, -0.05) is 5.21 Å². The van der Waals surface area contributed by atoms with E-state index in [0.29, 0.717) is 39.3 Å². The number of aromatic carboxylic acids is 1. The van der Waals surface area contributed by atoms with E-state index >= 15 is 0 Å². The summed E-state index contributed by atoms with van der Waals surface area (Å²) in [6.07, 6.45) is 2.00. The molecule has 1 atom stereocenters. The molecule has 1 aromatic rings. The van der Waals surface area contributed by atoms with Gasteiger partial charge in [0.05, 0.1) is 19.3 Å². The predicted molar refractivity (Wildman–Crippen MR) is 60.2 cm³/mol. The Kier molecular flexibility index (Phi) is 3.90. The highest BCUT2D eigenvalue weighted by Gasteiger charge is 2.31. The standard InChI is InChI=1S/C10H16N4O4/c15-9(16)8-5-14(13-12-8)3-2-11-6-10(17)1-4-18-7-10/h5,11,17H,1-4,6-7H2,(H,15,16). The Bertz CT molecular complexity index is 414. The Morgan fingerprint density at radius 1 is 1.67 bits per heavy atom. The monoisotopic (exact) mass is 256 g/mol. The maximum Gasteiger partial charge on any atom is 0.358 e. The van der Waals surface area contributed by atoms with Gasteiger partial charge in [0.2, 0.25) is 0 Å². The first kappa shape index (κ1) is 12.9. The second-order valence-corrected chi connectivity index (χ2v) is 4.38. The molecule has 0 amide bonds. The minimum absolute atomic E-state index is 0.0715. The van der Waals surface area contributed by atoms with E-state index in [9.17, 15) is 9.90 Å². The second kappa shape index (κ2) is 5.42. The Morgan fingerprint density at radius 2 is 2.50 bits per heavy atom. The molecule has 1 aromatic heterocycles. The summed E-state index contributed by atoms with van der Waals surface area (Å²) < 4.78 is 6.57. The van der Waals surface area contributed by atoms with E-state index in [1.165, 1.54) is 10.9 Å². The molecular formula is C10H16N4O4. The van der Waals surface area contributed by atoms with Gasteiger partial charge in [-0.15, -0.1) is 5.10 Å². The van der Waals surface area contributed by atoms with Crippen molar-refractivity contribution < 1.29 is 19.7 Å². The van der Waals surface area contributed by atoms with E-state index in [4.69, 9.17) is 9.84 Å². The molecule has 18 heavy (non-hydrogen) atoms. The lowest BCUT2D eigenvalue weighted by Gasteiger charge is -2.20. The number of nitrogens with zero attached hydrogens (tertiary/aromatic N) is 3. The summed E-state index contributed by atoms with van der Waals surface area (Å²) in [5, 5.41) is 28.9. The summed E-state index contributed by atoms with van der Waals surface area (Å²) in [4.78, 5) is 10.6. The fourth-order valence-corrected chi connectivity index (χ4v) is 1.76. The molecule has 0 aromatic carbocycles. The number of carboxylic acid groups (broad SMARTS) is 1. The molecular weight excluding hydrogens is 240 g/mol. The van der Waals surface area contributed by atoms with Crippen LogP contribution in [0.1, 0.15) is 16.9 Å². The van der Waals surface area contributed by atoms with Crippen LogP contribution in [0.15, 0.2) is 6.20 Å². The fraction of sp³-hybridized carbons (Fsp3) is 0.700. The van der Waals surface area contributed by atoms with Crippen LogP contribution in [0.3, 0.4) is 0 Å². The Labute approximate surface area is 104 Å². The molecule has 100 valence electrons. The third kappa shape index (κ3) is 3.25. The highest BCUT2D eigenvalue weighted by atomic mass is 16.5. The molecule has 0 spiro atoms. The summed E-state index contributed by atoms with van der Waals surface area (Å²) in [6.45, 7) is 2.46. The molecule has 1 aliphatic rings. The fourth-order valence-electron chi connectivity index (χ4n) is 1.76. The molecule has 8 heteroatoms. The summed E-state index contributed by atoms with van der Waals surface area (Å²) >= 11 is 0. The van der Waals surface area contributed by atoms with E-state index in [-0.39, 0.29) is 5.69 Å². The molecule has 0 bridgehead atoms. The van der Waals surface area contributed by atoms with Crippen molar-refractivity contribution in [2.45, 2.75) is 18.6 Å². The van der Waals surface area contributed by atoms with Crippen LogP contribution in [0.4, 0.5) is 0 Å². The van der Waals surface area contributed by atoms with Crippen molar-refractivity contribution in [3.05, 3.63) is 11.9 Å². The van der Waals surface area contributed by atoms with Crippen molar-refractivity contribution in [2.75, 3.05) is 26.3 Å². The van der Waals surface area contributed by atoms with Crippen LogP contribution in [0.25, 0.3) is 0 Å². The number of nitrogens with one attached hydrogen (secondary N) is 1. The Hall–Kier alpha value is -1.51. The number of hydrogen-bond acceptors (Lipinski definition) is 6. The lowest BCUT2D eigenvalue weighted by molar-refractivity contribution is 0.0270. The molecule has 1 fully saturated rings. The molecule has 1 aliphatic heterocycles. The first-order chi connectivity index (χ1) is 8.59. The number of aromatic nitrogens is 3. The zero-order chi connectivity index (χ0) is 13.0. The van der Waals surface area contributed by atoms with E-state index < -0.39 is 11.6 Å². The van der Waals surface area contributed by atoms with Crippen molar-refractivity contribution in [1.82, 2.24) is 20.3 Å². The number of ether oxygens (including phenoxy) is 1. The third-order valence-electron chi connectivity index (χ3n) is 2.81. The van der Waals surface area contributed by atoms with Gasteiger partial charge < -0.3 is 20.3 Å². The largest absolute Gasteiger partial charge is 0.476 e. The quantitative estimate of drug-likeness (QED) is 0.544. The van der Waals surface area contributed by atoms with E-state index in [1.54, 1.807) is 0 Å². The average Bonchev–Trinajstić information content (AvgIpc) is 2.94. The van der Waals surface area contributed by atoms with Crippen LogP contribution in [0.2, 0.25) is 0 Å². The van der Waals surface area contributed by atoms with Crippen molar-refractivity contribution in [2.24, 2.45) is 0 Å². The summed E-state index contributed by atoms with van der Waals surface area (Å²) in [5.41, 5.74) is -0.855. The van der Waals surface area contributed by atoms with Gasteiger partial charge in [-0.2, -0.15) is 0 Å². The van der Waals surface area contributed by atoms with Gasteiger partial charge in [0, 0.05) is 26.1 Å². The SMILES string of the molecule is O=C(O)c1cn(CCNCC2(O)CCOC2)nn1. The minimum atomic E-state index is -1.09. The minimum Gasteiger partial charge on any atom is -0.476 e. The van der Waals surface area contributed by atoms with Crippen molar-refractivity contribution in [3.63, 3.8) is 0 Å². The van der Waals surface area contributed by atoms with E-state index in [1.807, 2.05) is 0 Å². The molecule has 3 N–H and O–H groups in total. The van der Waals surface area contributed by atoms with Gasteiger partial charge in [-0.3, -0.25) is 4.68 Å². The van der Waals surface area contributed by atoms with Crippen LogP contribution in [-0.2, 0) is 11.3 Å². The molecule has 2 rings (SSSR count). The first-order valence-corrected chi connectivity index (χ1v) is 5.73. The average molecular weight is 256 g/mol. The number of carboxylic acids is 1. The van der Waals surface area contributed by atoms with Gasteiger partial charge >= 0.3 is 5.97 Å².